The van der Waals surface area contributed by atoms with Gasteiger partial charge >= 0.3 is 18.1 Å². The lowest BCUT2D eigenvalue weighted by Crippen LogP contribution is -2.54. The summed E-state index contributed by atoms with van der Waals surface area (Å²) in [5.41, 5.74) is 7.45. The molecule has 22 heteroatoms. The molecule has 2 aromatic heterocycles. The van der Waals surface area contributed by atoms with Gasteiger partial charge in [-0.05, 0) is 98.2 Å². The van der Waals surface area contributed by atoms with Crippen molar-refractivity contribution in [1.82, 2.24) is 35.7 Å². The number of alkyl carbamates (subject to hydrolysis) is 1. The summed E-state index contributed by atoms with van der Waals surface area (Å²) in [6, 6.07) is 5.92. The normalized spacial score (nSPS) is 19.1. The van der Waals surface area contributed by atoms with Gasteiger partial charge in [0.15, 0.2) is 5.60 Å². The SMILES string of the molecule is CC[C@@]1(O)C(=O)OCc2c1cc1n(c2=O)Cc2c-1nc1cc(F)c(C)c3c1c2[C@@H](NC(=O)OCc1ccc(NC(=O)[C@H](CCCNC(N)=O)NC(=O)[C@@H](NC(=O)CCCCCN2C(=O)CC(C)C2=O)C(C)C)cc1)CC3. The molecule has 5 atom stereocenters. The first kappa shape index (κ1) is 54.5. The van der Waals surface area contributed by atoms with Crippen LogP contribution in [0, 0.1) is 24.6 Å². The Kier molecular flexibility index (Phi) is 16.2. The monoisotopic (exact) mass is 1050 g/mol. The number of hydrogen-bond acceptors (Lipinski definition) is 13. The van der Waals surface area contributed by atoms with Crippen LogP contribution in [0.1, 0.15) is 130 Å². The van der Waals surface area contributed by atoms with Gasteiger partial charge in [-0.25, -0.2) is 23.8 Å². The number of cyclic esters (lactones) is 1. The van der Waals surface area contributed by atoms with Gasteiger partial charge in [0.05, 0.1) is 35.1 Å². The number of nitrogens with one attached hydrogen (secondary N) is 5. The second kappa shape index (κ2) is 22.6. The van der Waals surface area contributed by atoms with E-state index in [-0.39, 0.29) is 99.1 Å². The van der Waals surface area contributed by atoms with E-state index >= 15 is 4.39 Å². The maximum absolute atomic E-state index is 15.4. The maximum Gasteiger partial charge on any atom is 0.407 e. The van der Waals surface area contributed by atoms with E-state index in [4.69, 9.17) is 20.2 Å². The number of aromatic nitrogens is 2. The van der Waals surface area contributed by atoms with Crippen molar-refractivity contribution in [3.63, 3.8) is 0 Å². The zero-order valence-electron chi connectivity index (χ0n) is 43.2. The van der Waals surface area contributed by atoms with Crippen LogP contribution in [0.15, 0.2) is 41.2 Å². The lowest BCUT2D eigenvalue weighted by atomic mass is 9.81. The van der Waals surface area contributed by atoms with Crippen LogP contribution in [0.2, 0.25) is 0 Å². The van der Waals surface area contributed by atoms with E-state index in [1.54, 1.807) is 65.0 Å². The minimum atomic E-state index is -2.04. The Hall–Kier alpha value is -7.75. The largest absolute Gasteiger partial charge is 0.458 e. The fourth-order valence-electron chi connectivity index (χ4n) is 10.6. The molecule has 1 saturated heterocycles. The molecule has 1 fully saturated rings. The van der Waals surface area contributed by atoms with Crippen molar-refractivity contribution >= 4 is 64.2 Å². The lowest BCUT2D eigenvalue weighted by molar-refractivity contribution is -0.172. The number of benzene rings is 2. The van der Waals surface area contributed by atoms with E-state index in [0.717, 1.165) is 5.56 Å². The van der Waals surface area contributed by atoms with Gasteiger partial charge in [-0.2, -0.15) is 0 Å². The Morgan fingerprint density at radius 1 is 0.987 bits per heavy atom. The third kappa shape index (κ3) is 11.1. The summed E-state index contributed by atoms with van der Waals surface area (Å²) in [6.45, 7) is 8.54. The number of fused-ring (bicyclic) bond motifs is 5. The van der Waals surface area contributed by atoms with Crippen molar-refractivity contribution in [3.8, 4) is 11.4 Å². The number of halogens is 1. The molecule has 0 spiro atoms. The standard InChI is InChI=1S/C54H64FN9O12/c1-6-54(74)35-22-40-46-33(24-64(40)50(70)34(35)26-75-51(54)71)44-37(18-17-32-29(5)36(55)23-39(59-46)43(32)44)61-53(73)76-25-30-13-15-31(16-14-30)58-47(67)38(11-10-19-57-52(56)72)60-48(68)45(27(2)3)62-41(65)12-8-7-9-20-63-42(66)21-28(4)49(63)69/h13-16,22-23,27-28,37-38,45,74H,6-12,17-21,24-26H2,1-5H3,(H,58,67)(H,60,68)(H,61,73)(H,62,65)(H3,56,57,72)/t28?,37-,38-,45-,54-/m0/s1. The molecule has 3 aliphatic heterocycles. The number of amides is 8. The average molecular weight is 1050 g/mol. The van der Waals surface area contributed by atoms with Gasteiger partial charge in [0, 0.05) is 60.1 Å². The first-order valence-electron chi connectivity index (χ1n) is 25.8. The molecule has 2 aromatic carbocycles. The number of carbonyl (C=O) groups is 8. The molecular weight excluding hydrogens is 986 g/mol. The number of primary amides is 1. The molecule has 76 heavy (non-hydrogen) atoms. The number of imide groups is 1. The molecule has 8 amide bonds. The molecule has 1 aliphatic carbocycles. The number of aryl methyl sites for hydroxylation is 1. The molecule has 404 valence electrons. The van der Waals surface area contributed by atoms with Crippen LogP contribution >= 0.6 is 0 Å². The van der Waals surface area contributed by atoms with Crippen molar-refractivity contribution in [3.05, 3.63) is 91.5 Å². The molecule has 8 N–H and O–H groups in total. The number of likely N-dealkylation sites (tertiary alicyclic amines) is 1. The highest BCUT2D eigenvalue weighted by atomic mass is 19.1. The number of hydrogen-bond donors (Lipinski definition) is 7. The second-order valence-corrected chi connectivity index (χ2v) is 20.4. The van der Waals surface area contributed by atoms with Crippen LogP contribution in [-0.4, -0.2) is 92.4 Å². The highest BCUT2D eigenvalue weighted by Gasteiger charge is 2.46. The van der Waals surface area contributed by atoms with E-state index in [0.29, 0.717) is 88.9 Å². The lowest BCUT2D eigenvalue weighted by Gasteiger charge is -2.31. The van der Waals surface area contributed by atoms with Crippen LogP contribution < -0.4 is 37.9 Å². The second-order valence-electron chi connectivity index (χ2n) is 20.4. The van der Waals surface area contributed by atoms with Crippen LogP contribution in [0.4, 0.5) is 19.7 Å². The number of anilines is 1. The minimum Gasteiger partial charge on any atom is -0.458 e. The summed E-state index contributed by atoms with van der Waals surface area (Å²) in [5.74, 6) is -3.90. The van der Waals surface area contributed by atoms with Gasteiger partial charge in [0.25, 0.3) is 5.56 Å². The quantitative estimate of drug-likeness (QED) is 0.0323. The number of esters is 1. The summed E-state index contributed by atoms with van der Waals surface area (Å²) in [4.78, 5) is 123. The highest BCUT2D eigenvalue weighted by Crippen LogP contribution is 2.46. The van der Waals surface area contributed by atoms with E-state index in [2.05, 4.69) is 26.6 Å². The third-order valence-electron chi connectivity index (χ3n) is 14.9. The molecule has 4 aliphatic rings. The van der Waals surface area contributed by atoms with Crippen molar-refractivity contribution in [2.75, 3.05) is 18.4 Å². The number of aliphatic hydroxyl groups is 1. The van der Waals surface area contributed by atoms with Crippen molar-refractivity contribution in [2.45, 2.75) is 142 Å². The molecule has 8 rings (SSSR count). The number of carbonyl (C=O) groups excluding carboxylic acids is 8. The number of ether oxygens (including phenoxy) is 2. The smallest absolute Gasteiger partial charge is 0.407 e. The summed E-state index contributed by atoms with van der Waals surface area (Å²) in [5, 5.41) is 25.8. The van der Waals surface area contributed by atoms with Gasteiger partial charge in [0.2, 0.25) is 29.5 Å². The van der Waals surface area contributed by atoms with Gasteiger partial charge in [-0.1, -0.05) is 46.2 Å². The fourth-order valence-corrected chi connectivity index (χ4v) is 10.6. The van der Waals surface area contributed by atoms with Gasteiger partial charge < -0.3 is 51.5 Å². The number of pyridine rings is 2. The number of unbranched alkanes of at least 4 members (excludes halogenated alkanes) is 2. The van der Waals surface area contributed by atoms with E-state index in [1.807, 2.05) is 0 Å². The average Bonchev–Trinajstić information content (AvgIpc) is 3.91. The first-order chi connectivity index (χ1) is 36.2. The van der Waals surface area contributed by atoms with Crippen LogP contribution in [-0.2, 0) is 70.0 Å². The van der Waals surface area contributed by atoms with Crippen molar-refractivity contribution in [1.29, 1.82) is 0 Å². The number of rotatable bonds is 20. The molecular formula is C54H64FN9O12. The topological polar surface area (TPSA) is 300 Å². The predicted molar refractivity (Wildman–Crippen MR) is 273 cm³/mol. The number of urea groups is 1. The van der Waals surface area contributed by atoms with Gasteiger partial charge in [-0.3, -0.25) is 33.7 Å². The molecule has 21 nitrogen and oxygen atoms in total. The Labute approximate surface area is 437 Å². The zero-order valence-corrected chi connectivity index (χ0v) is 43.2. The van der Waals surface area contributed by atoms with E-state index in [1.165, 1.54) is 15.5 Å². The Morgan fingerprint density at radius 2 is 1.74 bits per heavy atom. The maximum atomic E-state index is 15.4. The van der Waals surface area contributed by atoms with Crippen LogP contribution in [0.25, 0.3) is 22.3 Å². The van der Waals surface area contributed by atoms with E-state index < -0.39 is 65.0 Å². The Morgan fingerprint density at radius 3 is 2.42 bits per heavy atom. The predicted octanol–water partition coefficient (Wildman–Crippen LogP) is 4.41. The van der Waals surface area contributed by atoms with Crippen LogP contribution in [0.3, 0.4) is 0 Å². The highest BCUT2D eigenvalue weighted by molar-refractivity contribution is 6.03. The minimum absolute atomic E-state index is 0.0412. The summed E-state index contributed by atoms with van der Waals surface area (Å²) < 4.78 is 27.8. The first-order valence-corrected chi connectivity index (χ1v) is 25.8. The Bertz CT molecular complexity index is 3090. The molecule has 0 saturated carbocycles. The van der Waals surface area contributed by atoms with Crippen molar-refractivity contribution in [2.24, 2.45) is 17.6 Å². The van der Waals surface area contributed by atoms with Crippen LogP contribution in [0.5, 0.6) is 0 Å². The van der Waals surface area contributed by atoms with E-state index in [9.17, 15) is 48.3 Å². The molecule has 0 bridgehead atoms. The molecule has 5 heterocycles. The summed E-state index contributed by atoms with van der Waals surface area (Å²) >= 11 is 0. The number of nitrogens with zero attached hydrogens (tertiary/aromatic N) is 3. The summed E-state index contributed by atoms with van der Waals surface area (Å²) in [7, 11) is 0. The molecule has 1 unspecified atom stereocenters. The Balaban J connectivity index is 0.897. The van der Waals surface area contributed by atoms with Gasteiger partial charge in [0.1, 0.15) is 31.1 Å². The fraction of sp³-hybridized carbons (Fsp3) is 0.481. The zero-order chi connectivity index (χ0) is 54.7. The molecule has 0 radical (unpaired) electrons. The third-order valence-corrected chi connectivity index (χ3v) is 14.9. The molecule has 4 aromatic rings. The summed E-state index contributed by atoms with van der Waals surface area (Å²) in [6.07, 6.45) is 2.27. The van der Waals surface area contributed by atoms with Crippen molar-refractivity contribution < 1.29 is 57.3 Å². The number of nitrogens with two attached hydrogens (primary N) is 1. The van der Waals surface area contributed by atoms with Gasteiger partial charge in [-0.15, -0.1) is 0 Å².